The maximum absolute atomic E-state index is 11.7. The molecule has 0 bridgehead atoms. The fourth-order valence-electron chi connectivity index (χ4n) is 2.30. The summed E-state index contributed by atoms with van der Waals surface area (Å²) in [6.07, 6.45) is 6.70. The zero-order valence-corrected chi connectivity index (χ0v) is 12.4. The molecule has 0 unspecified atom stereocenters. The van der Waals surface area contributed by atoms with Gasteiger partial charge in [-0.2, -0.15) is 5.10 Å². The third-order valence-electron chi connectivity index (χ3n) is 3.38. The van der Waals surface area contributed by atoms with Crippen molar-refractivity contribution in [2.75, 3.05) is 0 Å². The molecule has 0 saturated heterocycles. The molecule has 112 valence electrons. The summed E-state index contributed by atoms with van der Waals surface area (Å²) < 4.78 is 0. The fourth-order valence-corrected chi connectivity index (χ4v) is 2.50. The molecular formula is C15H18ClN3O2. The number of carbonyl (C=O) groups excluding carboxylic acids is 2. The second-order valence-electron chi connectivity index (χ2n) is 5.06. The molecule has 6 heteroatoms. The Bertz CT molecular complexity index is 539. The minimum absolute atomic E-state index is 0.105. The number of amides is 2. The lowest BCUT2D eigenvalue weighted by Crippen LogP contribution is -2.44. The topological polar surface area (TPSA) is 70.6 Å². The molecule has 1 aromatic carbocycles. The predicted octanol–water partition coefficient (Wildman–Crippen LogP) is 2.24. The standard InChI is InChI=1S/C15H18ClN3O2/c16-12-6-4-5-11(9-12)10-17-19-15(21)14(20)18-13-7-2-1-3-8-13/h4-6,9-10,13H,1-3,7-8H2,(H,18,20)(H,19,21)/b17-10-. The Morgan fingerprint density at radius 3 is 2.67 bits per heavy atom. The Morgan fingerprint density at radius 2 is 1.95 bits per heavy atom. The lowest BCUT2D eigenvalue weighted by atomic mass is 9.95. The monoisotopic (exact) mass is 307 g/mol. The van der Waals surface area contributed by atoms with E-state index in [0.29, 0.717) is 5.02 Å². The summed E-state index contributed by atoms with van der Waals surface area (Å²) in [6, 6.07) is 7.13. The Balaban J connectivity index is 1.79. The molecule has 0 aromatic heterocycles. The molecule has 21 heavy (non-hydrogen) atoms. The first kappa shape index (κ1) is 15.5. The van der Waals surface area contributed by atoms with Crippen LogP contribution in [0.15, 0.2) is 29.4 Å². The summed E-state index contributed by atoms with van der Waals surface area (Å²) in [6.45, 7) is 0. The number of carbonyl (C=O) groups is 2. The number of hydrogen-bond donors (Lipinski definition) is 2. The summed E-state index contributed by atoms with van der Waals surface area (Å²) in [5, 5.41) is 7.07. The van der Waals surface area contributed by atoms with Gasteiger partial charge in [0.1, 0.15) is 0 Å². The second-order valence-corrected chi connectivity index (χ2v) is 5.50. The van der Waals surface area contributed by atoms with Crippen LogP contribution in [-0.2, 0) is 9.59 Å². The average Bonchev–Trinajstić information content (AvgIpc) is 2.48. The van der Waals surface area contributed by atoms with Crippen LogP contribution in [0.4, 0.5) is 0 Å². The molecule has 5 nitrogen and oxygen atoms in total. The van der Waals surface area contributed by atoms with E-state index < -0.39 is 11.8 Å². The maximum Gasteiger partial charge on any atom is 0.329 e. The summed E-state index contributed by atoms with van der Waals surface area (Å²) >= 11 is 5.83. The molecule has 1 aliphatic rings. The quantitative estimate of drug-likeness (QED) is 0.511. The van der Waals surface area contributed by atoms with Gasteiger partial charge in [0.25, 0.3) is 0 Å². The van der Waals surface area contributed by atoms with Crippen molar-refractivity contribution in [3.63, 3.8) is 0 Å². The first-order chi connectivity index (χ1) is 10.1. The van der Waals surface area contributed by atoms with Crippen LogP contribution < -0.4 is 10.7 Å². The molecule has 2 rings (SSSR count). The molecular weight excluding hydrogens is 290 g/mol. The highest BCUT2D eigenvalue weighted by atomic mass is 35.5. The highest BCUT2D eigenvalue weighted by molar-refractivity contribution is 6.35. The minimum Gasteiger partial charge on any atom is -0.345 e. The first-order valence-corrected chi connectivity index (χ1v) is 7.42. The van der Waals surface area contributed by atoms with Gasteiger partial charge in [-0.15, -0.1) is 0 Å². The molecule has 2 N–H and O–H groups in total. The summed E-state index contributed by atoms with van der Waals surface area (Å²) in [7, 11) is 0. The number of hydrazone groups is 1. The zero-order chi connectivity index (χ0) is 15.1. The van der Waals surface area contributed by atoms with Crippen LogP contribution in [0.2, 0.25) is 5.02 Å². The van der Waals surface area contributed by atoms with Crippen LogP contribution in [0.25, 0.3) is 0 Å². The number of halogens is 1. The number of rotatable bonds is 3. The van der Waals surface area contributed by atoms with E-state index >= 15 is 0 Å². The van der Waals surface area contributed by atoms with E-state index in [1.54, 1.807) is 24.3 Å². The molecule has 0 heterocycles. The number of nitrogens with zero attached hydrogens (tertiary/aromatic N) is 1. The lowest BCUT2D eigenvalue weighted by molar-refractivity contribution is -0.139. The van der Waals surface area contributed by atoms with E-state index in [-0.39, 0.29) is 6.04 Å². The van der Waals surface area contributed by atoms with Crippen molar-refractivity contribution in [3.05, 3.63) is 34.9 Å². The molecule has 0 radical (unpaired) electrons. The largest absolute Gasteiger partial charge is 0.345 e. The molecule has 1 fully saturated rings. The van der Waals surface area contributed by atoms with Gasteiger partial charge >= 0.3 is 11.8 Å². The van der Waals surface area contributed by atoms with Gasteiger partial charge in [0, 0.05) is 11.1 Å². The number of benzene rings is 1. The smallest absolute Gasteiger partial charge is 0.329 e. The Hall–Kier alpha value is -1.88. The van der Waals surface area contributed by atoms with Gasteiger partial charge in [-0.25, -0.2) is 5.43 Å². The highest BCUT2D eigenvalue weighted by Crippen LogP contribution is 2.17. The molecule has 0 aliphatic heterocycles. The van der Waals surface area contributed by atoms with Gasteiger partial charge in [0.05, 0.1) is 6.21 Å². The number of nitrogens with one attached hydrogen (secondary N) is 2. The van der Waals surface area contributed by atoms with Crippen molar-refractivity contribution in [1.29, 1.82) is 0 Å². The van der Waals surface area contributed by atoms with Gasteiger partial charge < -0.3 is 5.32 Å². The Labute approximate surface area is 128 Å². The normalized spacial score (nSPS) is 15.9. The van der Waals surface area contributed by atoms with Crippen LogP contribution >= 0.6 is 11.6 Å². The van der Waals surface area contributed by atoms with E-state index in [4.69, 9.17) is 11.6 Å². The van der Waals surface area contributed by atoms with Crippen molar-refractivity contribution >= 4 is 29.6 Å². The third-order valence-corrected chi connectivity index (χ3v) is 3.61. The van der Waals surface area contributed by atoms with Crippen LogP contribution in [0, 0.1) is 0 Å². The second kappa shape index (κ2) is 7.78. The fraction of sp³-hybridized carbons (Fsp3) is 0.400. The van der Waals surface area contributed by atoms with Gasteiger partial charge in [-0.05, 0) is 30.5 Å². The SMILES string of the molecule is O=C(N/N=C\c1cccc(Cl)c1)C(=O)NC1CCCCC1. The lowest BCUT2D eigenvalue weighted by Gasteiger charge is -2.22. The molecule has 0 atom stereocenters. The van der Waals surface area contributed by atoms with Crippen molar-refractivity contribution in [2.45, 2.75) is 38.1 Å². The molecule has 1 aromatic rings. The van der Waals surface area contributed by atoms with E-state index in [1.165, 1.54) is 12.6 Å². The summed E-state index contributed by atoms with van der Waals surface area (Å²) in [5.74, 6) is -1.39. The van der Waals surface area contributed by atoms with Gasteiger partial charge in [0.15, 0.2) is 0 Å². The van der Waals surface area contributed by atoms with Crippen LogP contribution in [0.3, 0.4) is 0 Å². The van der Waals surface area contributed by atoms with E-state index in [1.807, 2.05) is 0 Å². The van der Waals surface area contributed by atoms with Gasteiger partial charge in [-0.3, -0.25) is 9.59 Å². The van der Waals surface area contributed by atoms with Crippen LogP contribution in [0.1, 0.15) is 37.7 Å². The van der Waals surface area contributed by atoms with E-state index in [0.717, 1.165) is 31.2 Å². The predicted molar refractivity (Wildman–Crippen MR) is 82.2 cm³/mol. The van der Waals surface area contributed by atoms with Crippen LogP contribution in [0.5, 0.6) is 0 Å². The zero-order valence-electron chi connectivity index (χ0n) is 11.6. The highest BCUT2D eigenvalue weighted by Gasteiger charge is 2.19. The number of hydrogen-bond acceptors (Lipinski definition) is 3. The van der Waals surface area contributed by atoms with E-state index in [9.17, 15) is 9.59 Å². The Morgan fingerprint density at radius 1 is 1.19 bits per heavy atom. The summed E-state index contributed by atoms with van der Waals surface area (Å²) in [5.41, 5.74) is 2.96. The Kier molecular flexibility index (Phi) is 5.75. The van der Waals surface area contributed by atoms with Crippen molar-refractivity contribution in [1.82, 2.24) is 10.7 Å². The average molecular weight is 308 g/mol. The van der Waals surface area contributed by atoms with Crippen LogP contribution in [-0.4, -0.2) is 24.1 Å². The minimum atomic E-state index is -0.751. The van der Waals surface area contributed by atoms with Gasteiger partial charge in [-0.1, -0.05) is 43.0 Å². The van der Waals surface area contributed by atoms with Gasteiger partial charge in [0.2, 0.25) is 0 Å². The third kappa shape index (κ3) is 5.19. The first-order valence-electron chi connectivity index (χ1n) is 7.04. The molecule has 1 saturated carbocycles. The van der Waals surface area contributed by atoms with E-state index in [2.05, 4.69) is 15.8 Å². The van der Waals surface area contributed by atoms with Crippen molar-refractivity contribution in [2.24, 2.45) is 5.10 Å². The molecule has 2 amide bonds. The molecule has 1 aliphatic carbocycles. The van der Waals surface area contributed by atoms with Crippen molar-refractivity contribution < 1.29 is 9.59 Å². The maximum atomic E-state index is 11.7. The van der Waals surface area contributed by atoms with Crippen molar-refractivity contribution in [3.8, 4) is 0 Å². The summed E-state index contributed by atoms with van der Waals surface area (Å²) in [4.78, 5) is 23.3. The molecule has 0 spiro atoms.